The number of carbonyl (C=O) groups is 2. The lowest BCUT2D eigenvalue weighted by Crippen LogP contribution is -2.33. The van der Waals surface area contributed by atoms with Crippen molar-refractivity contribution in [3.05, 3.63) is 48.3 Å². The zero-order valence-corrected chi connectivity index (χ0v) is 17.4. The number of carbonyl (C=O) groups excluding carboxylic acids is 1. The van der Waals surface area contributed by atoms with Gasteiger partial charge in [-0.15, -0.1) is 0 Å². The second-order valence-electron chi connectivity index (χ2n) is 7.76. The number of aliphatic hydroxyl groups is 1. The lowest BCUT2D eigenvalue weighted by Gasteiger charge is -2.19. The van der Waals surface area contributed by atoms with Crippen LogP contribution in [0.5, 0.6) is 5.75 Å². The van der Waals surface area contributed by atoms with Gasteiger partial charge in [0, 0.05) is 24.0 Å². The summed E-state index contributed by atoms with van der Waals surface area (Å²) in [6.07, 6.45) is 1.28. The van der Waals surface area contributed by atoms with Gasteiger partial charge in [0.15, 0.2) is 6.10 Å². The summed E-state index contributed by atoms with van der Waals surface area (Å²) in [7, 11) is 0. The molecule has 2 rings (SSSR count). The van der Waals surface area contributed by atoms with Gasteiger partial charge >= 0.3 is 12.1 Å². The molecular weight excluding hydrogens is 388 g/mol. The lowest BCUT2D eigenvalue weighted by molar-refractivity contribution is -0.148. The second-order valence-corrected chi connectivity index (χ2v) is 7.76. The molecule has 0 radical (unpaired) electrons. The smallest absolute Gasteiger partial charge is 0.407 e. The van der Waals surface area contributed by atoms with Crippen molar-refractivity contribution >= 4 is 12.1 Å². The first kappa shape index (κ1) is 23.2. The largest absolute Gasteiger partial charge is 0.490 e. The van der Waals surface area contributed by atoms with Gasteiger partial charge in [0.2, 0.25) is 0 Å². The highest BCUT2D eigenvalue weighted by Gasteiger charge is 2.15. The summed E-state index contributed by atoms with van der Waals surface area (Å²) in [4.78, 5) is 26.7. The monoisotopic (exact) mass is 416 g/mol. The van der Waals surface area contributed by atoms with E-state index in [2.05, 4.69) is 10.3 Å². The molecule has 0 saturated carbocycles. The summed E-state index contributed by atoms with van der Waals surface area (Å²) >= 11 is 0. The topological polar surface area (TPSA) is 118 Å². The Hall–Kier alpha value is -3.13. The SMILES string of the molecule is CC(C)(C)OC(=O)NCCCc1ccc(-c2ccc(OC[C@@H](O)C(=O)O)cc2)cn1. The van der Waals surface area contributed by atoms with Gasteiger partial charge in [-0.1, -0.05) is 18.2 Å². The average molecular weight is 416 g/mol. The zero-order valence-electron chi connectivity index (χ0n) is 17.4. The third kappa shape index (κ3) is 8.08. The average Bonchev–Trinajstić information content (AvgIpc) is 2.69. The van der Waals surface area contributed by atoms with Gasteiger partial charge < -0.3 is 25.0 Å². The first-order chi connectivity index (χ1) is 14.1. The van der Waals surface area contributed by atoms with E-state index in [-0.39, 0.29) is 6.61 Å². The van der Waals surface area contributed by atoms with Crippen LogP contribution in [0, 0.1) is 0 Å². The van der Waals surface area contributed by atoms with E-state index < -0.39 is 23.8 Å². The number of hydrogen-bond donors (Lipinski definition) is 3. The third-order valence-electron chi connectivity index (χ3n) is 3.98. The molecule has 30 heavy (non-hydrogen) atoms. The summed E-state index contributed by atoms with van der Waals surface area (Å²) in [5.41, 5.74) is 2.28. The molecule has 1 atom stereocenters. The molecule has 0 unspecified atom stereocenters. The van der Waals surface area contributed by atoms with Crippen LogP contribution in [0.3, 0.4) is 0 Å². The van der Waals surface area contributed by atoms with Gasteiger partial charge in [-0.25, -0.2) is 9.59 Å². The van der Waals surface area contributed by atoms with E-state index in [0.29, 0.717) is 12.3 Å². The molecule has 0 aliphatic heterocycles. The number of carboxylic acid groups (broad SMARTS) is 1. The molecule has 0 aliphatic rings. The molecule has 0 fully saturated rings. The van der Waals surface area contributed by atoms with Crippen LogP contribution in [-0.4, -0.2) is 52.1 Å². The number of aliphatic hydroxyl groups excluding tert-OH is 1. The highest BCUT2D eigenvalue weighted by molar-refractivity contribution is 5.72. The molecule has 3 N–H and O–H groups in total. The van der Waals surface area contributed by atoms with Crippen molar-refractivity contribution in [1.82, 2.24) is 10.3 Å². The summed E-state index contributed by atoms with van der Waals surface area (Å²) < 4.78 is 10.4. The van der Waals surface area contributed by atoms with Crippen molar-refractivity contribution < 1.29 is 29.3 Å². The molecule has 1 aromatic heterocycles. The standard InChI is InChI=1S/C22H28N2O6/c1-22(2,3)30-21(28)23-12-4-5-17-9-6-16(13-24-17)15-7-10-18(11-8-15)29-14-19(25)20(26)27/h6-11,13,19,25H,4-5,12,14H2,1-3H3,(H,23,28)(H,26,27)/t19-/m1/s1. The number of carboxylic acids is 1. The number of alkyl carbamates (subject to hydrolysis) is 1. The number of nitrogens with zero attached hydrogens (tertiary/aromatic N) is 1. The maximum atomic E-state index is 11.6. The van der Waals surface area contributed by atoms with Gasteiger partial charge in [-0.2, -0.15) is 0 Å². The Morgan fingerprint density at radius 1 is 1.10 bits per heavy atom. The number of rotatable bonds is 9. The first-order valence-electron chi connectivity index (χ1n) is 9.70. The fraction of sp³-hybridized carbons (Fsp3) is 0.409. The van der Waals surface area contributed by atoms with E-state index >= 15 is 0 Å². The van der Waals surface area contributed by atoms with E-state index in [4.69, 9.17) is 14.6 Å². The maximum absolute atomic E-state index is 11.6. The fourth-order valence-electron chi connectivity index (χ4n) is 2.51. The Morgan fingerprint density at radius 2 is 1.77 bits per heavy atom. The quantitative estimate of drug-likeness (QED) is 0.538. The van der Waals surface area contributed by atoms with E-state index in [1.807, 2.05) is 45.0 Å². The molecule has 0 bridgehead atoms. The molecule has 8 heteroatoms. The number of amides is 1. The van der Waals surface area contributed by atoms with Crippen LogP contribution in [0.2, 0.25) is 0 Å². The molecule has 0 saturated heterocycles. The number of aryl methyl sites for hydroxylation is 1. The second kappa shape index (κ2) is 10.6. The highest BCUT2D eigenvalue weighted by Crippen LogP contribution is 2.22. The predicted molar refractivity (Wildman–Crippen MR) is 111 cm³/mol. The van der Waals surface area contributed by atoms with E-state index in [1.54, 1.807) is 18.3 Å². The Kier molecular flexibility index (Phi) is 8.17. The van der Waals surface area contributed by atoms with Crippen molar-refractivity contribution in [2.75, 3.05) is 13.2 Å². The lowest BCUT2D eigenvalue weighted by atomic mass is 10.1. The van der Waals surface area contributed by atoms with Crippen molar-refractivity contribution in [2.45, 2.75) is 45.3 Å². The van der Waals surface area contributed by atoms with Gasteiger partial charge in [0.05, 0.1) is 0 Å². The summed E-state index contributed by atoms with van der Waals surface area (Å²) in [6, 6.07) is 11.0. The van der Waals surface area contributed by atoms with Crippen LogP contribution in [0.25, 0.3) is 11.1 Å². The van der Waals surface area contributed by atoms with Crippen molar-refractivity contribution in [2.24, 2.45) is 0 Å². The van der Waals surface area contributed by atoms with Crippen molar-refractivity contribution in [1.29, 1.82) is 0 Å². The van der Waals surface area contributed by atoms with Crippen molar-refractivity contribution in [3.63, 3.8) is 0 Å². The summed E-state index contributed by atoms with van der Waals surface area (Å²) in [5, 5.41) is 20.6. The number of aliphatic carboxylic acids is 1. The Bertz CT molecular complexity index is 828. The number of pyridine rings is 1. The normalized spacial score (nSPS) is 12.1. The van der Waals surface area contributed by atoms with Gasteiger partial charge in [-0.05, 0) is 57.4 Å². The first-order valence-corrected chi connectivity index (χ1v) is 9.70. The predicted octanol–water partition coefficient (Wildman–Crippen LogP) is 3.03. The minimum Gasteiger partial charge on any atom is -0.490 e. The molecule has 162 valence electrons. The van der Waals surface area contributed by atoms with Crippen LogP contribution in [0.4, 0.5) is 4.79 Å². The Labute approximate surface area is 175 Å². The number of ether oxygens (including phenoxy) is 2. The summed E-state index contributed by atoms with van der Waals surface area (Å²) in [6.45, 7) is 5.66. The number of hydrogen-bond acceptors (Lipinski definition) is 6. The molecule has 0 aliphatic carbocycles. The van der Waals surface area contributed by atoms with Crippen LogP contribution >= 0.6 is 0 Å². The van der Waals surface area contributed by atoms with Crippen LogP contribution in [-0.2, 0) is 16.0 Å². The molecule has 2 aromatic rings. The molecule has 1 heterocycles. The molecule has 1 amide bonds. The maximum Gasteiger partial charge on any atom is 0.407 e. The van der Waals surface area contributed by atoms with E-state index in [9.17, 15) is 14.7 Å². The minimum atomic E-state index is -1.55. The number of aromatic nitrogens is 1. The molecule has 1 aromatic carbocycles. The van der Waals surface area contributed by atoms with E-state index in [1.165, 1.54) is 0 Å². The zero-order chi connectivity index (χ0) is 22.1. The fourth-order valence-corrected chi connectivity index (χ4v) is 2.51. The number of benzene rings is 1. The van der Waals surface area contributed by atoms with Gasteiger partial charge in [0.1, 0.15) is 18.0 Å². The molecule has 8 nitrogen and oxygen atoms in total. The Balaban J connectivity index is 1.80. The molecule has 0 spiro atoms. The highest BCUT2D eigenvalue weighted by atomic mass is 16.6. The molecular formula is C22H28N2O6. The minimum absolute atomic E-state index is 0.312. The third-order valence-corrected chi connectivity index (χ3v) is 3.98. The van der Waals surface area contributed by atoms with Gasteiger partial charge in [-0.3, -0.25) is 4.98 Å². The van der Waals surface area contributed by atoms with Crippen LogP contribution < -0.4 is 10.1 Å². The van der Waals surface area contributed by atoms with Crippen LogP contribution in [0.1, 0.15) is 32.9 Å². The van der Waals surface area contributed by atoms with E-state index in [0.717, 1.165) is 29.7 Å². The Morgan fingerprint density at radius 3 is 2.33 bits per heavy atom. The van der Waals surface area contributed by atoms with Gasteiger partial charge in [0.25, 0.3) is 0 Å². The number of nitrogens with one attached hydrogen (secondary N) is 1. The van der Waals surface area contributed by atoms with Crippen molar-refractivity contribution in [3.8, 4) is 16.9 Å². The summed E-state index contributed by atoms with van der Waals surface area (Å²) in [5.74, 6) is -0.848. The van der Waals surface area contributed by atoms with Crippen LogP contribution in [0.15, 0.2) is 42.6 Å².